The number of amides is 2. The predicted molar refractivity (Wildman–Crippen MR) is 75.1 cm³/mol. The van der Waals surface area contributed by atoms with Crippen molar-refractivity contribution in [2.24, 2.45) is 5.73 Å². The summed E-state index contributed by atoms with van der Waals surface area (Å²) in [6.07, 6.45) is -0.311. The van der Waals surface area contributed by atoms with Gasteiger partial charge < -0.3 is 20.9 Å². The number of rotatable bonds is 7. The summed E-state index contributed by atoms with van der Waals surface area (Å²) in [5.74, 6) is -3.27. The van der Waals surface area contributed by atoms with Crippen molar-refractivity contribution >= 4 is 23.8 Å². The minimum Gasteiger partial charge on any atom is -0.480 e. The molecule has 1 aromatic carbocycles. The lowest BCUT2D eigenvalue weighted by molar-refractivity contribution is -0.139. The maximum Gasteiger partial charge on any atom is 0.326 e. The van der Waals surface area contributed by atoms with E-state index in [-0.39, 0.29) is 24.2 Å². The van der Waals surface area contributed by atoms with Crippen LogP contribution in [0.4, 0.5) is 0 Å². The van der Waals surface area contributed by atoms with Crippen LogP contribution in [0.1, 0.15) is 30.1 Å². The van der Waals surface area contributed by atoms with Crippen molar-refractivity contribution in [2.75, 3.05) is 0 Å². The van der Waals surface area contributed by atoms with Gasteiger partial charge in [-0.25, -0.2) is 4.79 Å². The van der Waals surface area contributed by atoms with Gasteiger partial charge in [0.2, 0.25) is 5.91 Å². The number of hydrogen-bond donors (Lipinski definition) is 3. The standard InChI is InChI=1S/C14H16N2O6/c1-8(17)22-11-5-3-2-4-9(11)13(19)16-10(14(20)21)6-7-12(15)18/h2-5,10H,6-7H2,1H3,(H2,15,18)(H,16,19)(H,20,21). The number of carbonyl (C=O) groups is 4. The normalized spacial score (nSPS) is 11.3. The van der Waals surface area contributed by atoms with Crippen LogP contribution < -0.4 is 15.8 Å². The molecule has 118 valence electrons. The Morgan fingerprint density at radius 2 is 1.91 bits per heavy atom. The Labute approximate surface area is 126 Å². The fraction of sp³-hybridized carbons (Fsp3) is 0.286. The molecule has 8 heteroatoms. The molecule has 0 bridgehead atoms. The van der Waals surface area contributed by atoms with Crippen LogP contribution in [-0.2, 0) is 14.4 Å². The van der Waals surface area contributed by atoms with Gasteiger partial charge in [-0.1, -0.05) is 12.1 Å². The van der Waals surface area contributed by atoms with Gasteiger partial charge in [0.05, 0.1) is 5.56 Å². The molecule has 0 radical (unpaired) electrons. The van der Waals surface area contributed by atoms with Crippen molar-refractivity contribution in [1.29, 1.82) is 0 Å². The molecule has 22 heavy (non-hydrogen) atoms. The third-order valence-corrected chi connectivity index (χ3v) is 2.67. The average Bonchev–Trinajstić information content (AvgIpc) is 2.42. The highest BCUT2D eigenvalue weighted by molar-refractivity contribution is 5.99. The molecule has 0 spiro atoms. The van der Waals surface area contributed by atoms with Crippen molar-refractivity contribution in [3.05, 3.63) is 29.8 Å². The quantitative estimate of drug-likeness (QED) is 0.481. The van der Waals surface area contributed by atoms with Gasteiger partial charge in [-0.05, 0) is 18.6 Å². The number of carboxylic acid groups (broad SMARTS) is 1. The van der Waals surface area contributed by atoms with Crippen molar-refractivity contribution in [2.45, 2.75) is 25.8 Å². The van der Waals surface area contributed by atoms with E-state index < -0.39 is 29.8 Å². The number of primary amides is 1. The first-order chi connectivity index (χ1) is 10.3. The lowest BCUT2D eigenvalue weighted by atomic mass is 10.1. The Bertz CT molecular complexity index is 599. The first kappa shape index (κ1) is 17.2. The lowest BCUT2D eigenvalue weighted by Gasteiger charge is -2.15. The number of para-hydroxylation sites is 1. The second kappa shape index (κ2) is 7.77. The van der Waals surface area contributed by atoms with Gasteiger partial charge in [-0.2, -0.15) is 0 Å². The fourth-order valence-electron chi connectivity index (χ4n) is 1.68. The van der Waals surface area contributed by atoms with Gasteiger partial charge in [0.1, 0.15) is 11.8 Å². The summed E-state index contributed by atoms with van der Waals surface area (Å²) >= 11 is 0. The minimum atomic E-state index is -1.29. The second-order valence-corrected chi connectivity index (χ2v) is 4.46. The molecule has 4 N–H and O–H groups in total. The lowest BCUT2D eigenvalue weighted by Crippen LogP contribution is -2.41. The number of esters is 1. The molecule has 0 aromatic heterocycles. The molecular formula is C14H16N2O6. The molecule has 0 saturated carbocycles. The number of nitrogens with one attached hydrogen (secondary N) is 1. The number of benzene rings is 1. The van der Waals surface area contributed by atoms with E-state index in [1.807, 2.05) is 0 Å². The third kappa shape index (κ3) is 5.23. The second-order valence-electron chi connectivity index (χ2n) is 4.46. The summed E-state index contributed by atoms with van der Waals surface area (Å²) in [5.41, 5.74) is 4.98. The van der Waals surface area contributed by atoms with E-state index in [1.165, 1.54) is 19.1 Å². The molecule has 2 amide bonds. The zero-order valence-corrected chi connectivity index (χ0v) is 11.9. The van der Waals surface area contributed by atoms with Gasteiger partial charge in [0.25, 0.3) is 5.91 Å². The van der Waals surface area contributed by atoms with Crippen molar-refractivity contribution < 1.29 is 29.0 Å². The van der Waals surface area contributed by atoms with E-state index in [0.717, 1.165) is 0 Å². The summed E-state index contributed by atoms with van der Waals surface area (Å²) in [6.45, 7) is 1.18. The molecular weight excluding hydrogens is 292 g/mol. The van der Waals surface area contributed by atoms with Gasteiger partial charge in [0.15, 0.2) is 0 Å². The Kier molecular flexibility index (Phi) is 6.06. The molecule has 8 nitrogen and oxygen atoms in total. The molecule has 1 unspecified atom stereocenters. The molecule has 0 aliphatic carbocycles. The zero-order chi connectivity index (χ0) is 16.7. The van der Waals surface area contributed by atoms with E-state index in [1.54, 1.807) is 12.1 Å². The smallest absolute Gasteiger partial charge is 0.326 e. The number of carboxylic acids is 1. The predicted octanol–water partition coefficient (Wildman–Crippen LogP) is 0.0604. The fourth-order valence-corrected chi connectivity index (χ4v) is 1.68. The summed E-state index contributed by atoms with van der Waals surface area (Å²) in [6, 6.07) is 4.64. The summed E-state index contributed by atoms with van der Waals surface area (Å²) < 4.78 is 4.89. The maximum absolute atomic E-state index is 12.1. The van der Waals surface area contributed by atoms with Crippen molar-refractivity contribution in [3.63, 3.8) is 0 Å². The SMILES string of the molecule is CC(=O)Oc1ccccc1C(=O)NC(CCC(N)=O)C(=O)O. The first-order valence-corrected chi connectivity index (χ1v) is 6.40. The molecule has 0 aliphatic rings. The molecule has 1 atom stereocenters. The summed E-state index contributed by atoms with van der Waals surface area (Å²) in [5, 5.41) is 11.3. The zero-order valence-electron chi connectivity index (χ0n) is 11.9. The Hall–Kier alpha value is -2.90. The monoisotopic (exact) mass is 308 g/mol. The molecule has 0 fully saturated rings. The molecule has 0 aliphatic heterocycles. The topological polar surface area (TPSA) is 136 Å². The highest BCUT2D eigenvalue weighted by Crippen LogP contribution is 2.18. The van der Waals surface area contributed by atoms with Crippen LogP contribution >= 0.6 is 0 Å². The van der Waals surface area contributed by atoms with Crippen LogP contribution in [0.2, 0.25) is 0 Å². The molecule has 0 heterocycles. The van der Waals surface area contributed by atoms with E-state index in [0.29, 0.717) is 0 Å². The maximum atomic E-state index is 12.1. The largest absolute Gasteiger partial charge is 0.480 e. The van der Waals surface area contributed by atoms with E-state index in [2.05, 4.69) is 5.32 Å². The van der Waals surface area contributed by atoms with Crippen LogP contribution in [-0.4, -0.2) is 34.9 Å². The third-order valence-electron chi connectivity index (χ3n) is 2.67. The van der Waals surface area contributed by atoms with Gasteiger partial charge in [0, 0.05) is 13.3 Å². The molecule has 1 aromatic rings. The number of aliphatic carboxylic acids is 1. The number of nitrogens with two attached hydrogens (primary N) is 1. The minimum absolute atomic E-state index is 0.0167. The van der Waals surface area contributed by atoms with E-state index >= 15 is 0 Å². The highest BCUT2D eigenvalue weighted by atomic mass is 16.5. The van der Waals surface area contributed by atoms with Gasteiger partial charge in [-0.15, -0.1) is 0 Å². The van der Waals surface area contributed by atoms with Crippen LogP contribution in [0, 0.1) is 0 Å². The van der Waals surface area contributed by atoms with E-state index in [9.17, 15) is 19.2 Å². The first-order valence-electron chi connectivity index (χ1n) is 6.40. The van der Waals surface area contributed by atoms with Crippen LogP contribution in [0.3, 0.4) is 0 Å². The Balaban J connectivity index is 2.88. The van der Waals surface area contributed by atoms with Crippen LogP contribution in [0.25, 0.3) is 0 Å². The van der Waals surface area contributed by atoms with Crippen LogP contribution in [0.15, 0.2) is 24.3 Å². The highest BCUT2D eigenvalue weighted by Gasteiger charge is 2.23. The summed E-state index contributed by atoms with van der Waals surface area (Å²) in [4.78, 5) is 44.9. The van der Waals surface area contributed by atoms with E-state index in [4.69, 9.17) is 15.6 Å². The Morgan fingerprint density at radius 3 is 2.45 bits per heavy atom. The average molecular weight is 308 g/mol. The van der Waals surface area contributed by atoms with Gasteiger partial charge in [-0.3, -0.25) is 14.4 Å². The molecule has 0 saturated heterocycles. The number of ether oxygens (including phenoxy) is 1. The van der Waals surface area contributed by atoms with Gasteiger partial charge >= 0.3 is 11.9 Å². The Morgan fingerprint density at radius 1 is 1.27 bits per heavy atom. The summed E-state index contributed by atoms with van der Waals surface area (Å²) in [7, 11) is 0. The van der Waals surface area contributed by atoms with Crippen molar-refractivity contribution in [3.8, 4) is 5.75 Å². The number of hydrogen-bond acceptors (Lipinski definition) is 5. The number of carbonyl (C=O) groups excluding carboxylic acids is 3. The van der Waals surface area contributed by atoms with Crippen LogP contribution in [0.5, 0.6) is 5.75 Å². The van der Waals surface area contributed by atoms with Crippen molar-refractivity contribution in [1.82, 2.24) is 5.32 Å². The molecule has 1 rings (SSSR count).